The lowest BCUT2D eigenvalue weighted by Crippen LogP contribution is -2.02. The van der Waals surface area contributed by atoms with Crippen LogP contribution in [0.2, 0.25) is 5.02 Å². The van der Waals surface area contributed by atoms with Crippen LogP contribution < -0.4 is 0 Å². The fourth-order valence-electron chi connectivity index (χ4n) is 1.64. The minimum absolute atomic E-state index is 0.137. The number of ether oxygens (including phenoxy) is 1. The topological polar surface area (TPSA) is 26.3 Å². The summed E-state index contributed by atoms with van der Waals surface area (Å²) in [6.45, 7) is 2.26. The average molecular weight is 346 g/mol. The first kappa shape index (κ1) is 16.3. The maximum Gasteiger partial charge on any atom is 0.306 e. The summed E-state index contributed by atoms with van der Waals surface area (Å²) in [7, 11) is 0. The zero-order valence-corrected chi connectivity index (χ0v) is 13.3. The van der Waals surface area contributed by atoms with E-state index in [2.05, 4.69) is 22.0 Å². The van der Waals surface area contributed by atoms with Crippen LogP contribution in [0, 0.1) is 0 Å². The Hall–Kier alpha value is -0.800. The normalized spacial score (nSPS) is 10.9. The van der Waals surface area contributed by atoms with E-state index < -0.39 is 0 Å². The minimum Gasteiger partial charge on any atom is -0.466 e. The Bertz CT molecular complexity index is 444. The Balaban J connectivity index is 2.26. The summed E-state index contributed by atoms with van der Waals surface area (Å²) >= 11 is 9.54. The summed E-state index contributed by atoms with van der Waals surface area (Å²) in [4.78, 5) is 11.1. The van der Waals surface area contributed by atoms with Crippen LogP contribution in [0.5, 0.6) is 0 Å². The van der Waals surface area contributed by atoms with Crippen LogP contribution in [0.3, 0.4) is 0 Å². The van der Waals surface area contributed by atoms with Crippen LogP contribution in [0.1, 0.15) is 31.7 Å². The van der Waals surface area contributed by atoms with Crippen molar-refractivity contribution in [1.29, 1.82) is 0 Å². The van der Waals surface area contributed by atoms with Crippen LogP contribution in [0.15, 0.2) is 34.8 Å². The molecular weight excluding hydrogens is 328 g/mol. The molecule has 0 saturated carbocycles. The van der Waals surface area contributed by atoms with Gasteiger partial charge in [0.25, 0.3) is 0 Å². The Morgan fingerprint density at radius 3 is 2.84 bits per heavy atom. The zero-order chi connectivity index (χ0) is 14.1. The Kier molecular flexibility index (Phi) is 7.84. The van der Waals surface area contributed by atoms with Crippen molar-refractivity contribution in [2.24, 2.45) is 0 Å². The van der Waals surface area contributed by atoms with E-state index in [9.17, 15) is 4.79 Å². The highest BCUT2D eigenvalue weighted by atomic mass is 79.9. The molecule has 2 nitrogen and oxygen atoms in total. The number of carbonyl (C=O) groups is 1. The smallest absolute Gasteiger partial charge is 0.306 e. The van der Waals surface area contributed by atoms with Crippen LogP contribution >= 0.6 is 27.5 Å². The van der Waals surface area contributed by atoms with Crippen molar-refractivity contribution in [2.75, 3.05) is 6.61 Å². The number of aryl methyl sites for hydroxylation is 1. The highest BCUT2D eigenvalue weighted by molar-refractivity contribution is 9.10. The zero-order valence-electron chi connectivity index (χ0n) is 11.0. The van der Waals surface area contributed by atoms with E-state index in [-0.39, 0.29) is 5.97 Å². The third-order valence-corrected chi connectivity index (χ3v) is 3.44. The molecule has 0 aliphatic rings. The summed E-state index contributed by atoms with van der Waals surface area (Å²) in [5.41, 5.74) is 1.13. The van der Waals surface area contributed by atoms with Crippen LogP contribution in [-0.2, 0) is 16.0 Å². The molecule has 0 N–H and O–H groups in total. The molecule has 0 saturated heterocycles. The average Bonchev–Trinajstić information content (AvgIpc) is 2.38. The summed E-state index contributed by atoms with van der Waals surface area (Å²) < 4.78 is 5.89. The number of allylic oxidation sites excluding steroid dienone is 2. The molecule has 1 aromatic rings. The molecule has 0 aromatic heterocycles. The van der Waals surface area contributed by atoms with E-state index in [4.69, 9.17) is 16.3 Å². The maximum absolute atomic E-state index is 11.1. The lowest BCUT2D eigenvalue weighted by Gasteiger charge is -2.02. The predicted octanol–water partition coefficient (Wildman–Crippen LogP) is 4.93. The van der Waals surface area contributed by atoms with Crippen molar-refractivity contribution >= 4 is 33.5 Å². The van der Waals surface area contributed by atoms with E-state index in [1.165, 1.54) is 0 Å². The Morgan fingerprint density at radius 1 is 1.37 bits per heavy atom. The molecular formula is C15H18BrClO2. The molecule has 0 aliphatic carbocycles. The highest BCUT2D eigenvalue weighted by Crippen LogP contribution is 2.22. The first-order chi connectivity index (χ1) is 9.13. The third kappa shape index (κ3) is 6.79. The quantitative estimate of drug-likeness (QED) is 0.517. The molecule has 1 aromatic carbocycles. The number of esters is 1. The van der Waals surface area contributed by atoms with E-state index >= 15 is 0 Å². The van der Waals surface area contributed by atoms with Gasteiger partial charge >= 0.3 is 5.97 Å². The minimum atomic E-state index is -0.137. The van der Waals surface area contributed by atoms with E-state index in [1.54, 1.807) is 0 Å². The number of benzene rings is 1. The largest absolute Gasteiger partial charge is 0.466 e. The Labute approximate surface area is 127 Å². The molecule has 0 atom stereocenters. The van der Waals surface area contributed by atoms with Gasteiger partial charge in [0.05, 0.1) is 6.61 Å². The van der Waals surface area contributed by atoms with E-state index in [0.717, 1.165) is 34.3 Å². The first-order valence-corrected chi connectivity index (χ1v) is 7.55. The monoisotopic (exact) mass is 344 g/mol. The van der Waals surface area contributed by atoms with Crippen LogP contribution in [0.4, 0.5) is 0 Å². The second-order valence-corrected chi connectivity index (χ2v) is 5.41. The number of hydrogen-bond acceptors (Lipinski definition) is 2. The van der Waals surface area contributed by atoms with Crippen molar-refractivity contribution in [2.45, 2.75) is 32.6 Å². The molecule has 0 radical (unpaired) electrons. The molecule has 19 heavy (non-hydrogen) atoms. The maximum atomic E-state index is 11.1. The van der Waals surface area contributed by atoms with Crippen molar-refractivity contribution < 1.29 is 9.53 Å². The molecule has 0 unspecified atom stereocenters. The molecule has 0 bridgehead atoms. The number of halogens is 2. The Morgan fingerprint density at radius 2 is 2.11 bits per heavy atom. The summed E-state index contributed by atoms with van der Waals surface area (Å²) in [5.74, 6) is -0.137. The second-order valence-electron chi connectivity index (χ2n) is 4.09. The van der Waals surface area contributed by atoms with Gasteiger partial charge in [-0.05, 0) is 49.9 Å². The lowest BCUT2D eigenvalue weighted by atomic mass is 10.1. The first-order valence-electron chi connectivity index (χ1n) is 6.38. The highest BCUT2D eigenvalue weighted by Gasteiger charge is 2.00. The second kappa shape index (κ2) is 9.16. The standard InChI is InChI=1S/C15H18BrClO2/c1-2-19-15(18)8-6-4-3-5-7-12-11-13(16)9-10-14(12)17/h3-4,9-11H,2,5-8H2,1H3. The summed E-state index contributed by atoms with van der Waals surface area (Å²) in [5, 5.41) is 0.795. The fraction of sp³-hybridized carbons (Fsp3) is 0.400. The van der Waals surface area contributed by atoms with Crippen LogP contribution in [0.25, 0.3) is 0 Å². The number of carbonyl (C=O) groups excluding carboxylic acids is 1. The molecule has 0 aliphatic heterocycles. The number of rotatable bonds is 7. The SMILES string of the molecule is CCOC(=O)CCC=CCCc1cc(Br)ccc1Cl. The summed E-state index contributed by atoms with van der Waals surface area (Å²) in [6.07, 6.45) is 7.08. The molecule has 0 amide bonds. The van der Waals surface area contributed by atoms with Gasteiger partial charge in [0, 0.05) is 15.9 Å². The molecule has 0 heterocycles. The summed E-state index contributed by atoms with van der Waals surface area (Å²) in [6, 6.07) is 5.86. The van der Waals surface area contributed by atoms with Crippen LogP contribution in [-0.4, -0.2) is 12.6 Å². The van der Waals surface area contributed by atoms with Gasteiger partial charge in [0.2, 0.25) is 0 Å². The number of hydrogen-bond donors (Lipinski definition) is 0. The van der Waals surface area contributed by atoms with Crippen molar-refractivity contribution in [1.82, 2.24) is 0 Å². The van der Waals surface area contributed by atoms with Gasteiger partial charge in [-0.15, -0.1) is 0 Å². The molecule has 1 rings (SSSR count). The van der Waals surface area contributed by atoms with E-state index in [0.29, 0.717) is 13.0 Å². The fourth-order valence-corrected chi connectivity index (χ4v) is 2.26. The molecule has 4 heteroatoms. The van der Waals surface area contributed by atoms with Gasteiger partial charge in [0.1, 0.15) is 0 Å². The van der Waals surface area contributed by atoms with Gasteiger partial charge < -0.3 is 4.74 Å². The van der Waals surface area contributed by atoms with Gasteiger partial charge in [-0.1, -0.05) is 39.7 Å². The van der Waals surface area contributed by atoms with Gasteiger partial charge in [-0.2, -0.15) is 0 Å². The predicted molar refractivity (Wildman–Crippen MR) is 82.5 cm³/mol. The van der Waals surface area contributed by atoms with Crippen molar-refractivity contribution in [3.05, 3.63) is 45.4 Å². The van der Waals surface area contributed by atoms with E-state index in [1.807, 2.05) is 31.2 Å². The van der Waals surface area contributed by atoms with Gasteiger partial charge in [-0.3, -0.25) is 4.79 Å². The lowest BCUT2D eigenvalue weighted by molar-refractivity contribution is -0.142. The van der Waals surface area contributed by atoms with Gasteiger partial charge in [0.15, 0.2) is 0 Å². The third-order valence-electron chi connectivity index (χ3n) is 2.58. The van der Waals surface area contributed by atoms with Gasteiger partial charge in [-0.25, -0.2) is 0 Å². The van der Waals surface area contributed by atoms with Crippen molar-refractivity contribution in [3.63, 3.8) is 0 Å². The molecule has 104 valence electrons. The van der Waals surface area contributed by atoms with Crippen molar-refractivity contribution in [3.8, 4) is 0 Å². The molecule has 0 fully saturated rings. The molecule has 0 spiro atoms.